The molecule has 4 N–H and O–H groups in total. The molecule has 0 aromatic rings. The summed E-state index contributed by atoms with van der Waals surface area (Å²) in [7, 11) is 0. The first kappa shape index (κ1) is 14.4. The van der Waals surface area contributed by atoms with E-state index >= 15 is 0 Å². The first-order valence-electron chi connectivity index (χ1n) is 5.70. The number of aliphatic hydroxyl groups is 1. The number of rotatable bonds is 7. The van der Waals surface area contributed by atoms with Crippen molar-refractivity contribution in [1.82, 2.24) is 5.32 Å². The highest BCUT2D eigenvalue weighted by molar-refractivity contribution is 5.81. The fraction of sp³-hybridized carbons (Fsp3) is 0.909. The summed E-state index contributed by atoms with van der Waals surface area (Å²) < 4.78 is 0. The Hall–Kier alpha value is -0.610. The van der Waals surface area contributed by atoms with Crippen LogP contribution in [0.1, 0.15) is 40.0 Å². The molecule has 3 atom stereocenters. The smallest absolute Gasteiger partial charge is 0.237 e. The zero-order valence-electron chi connectivity index (χ0n) is 9.99. The lowest BCUT2D eigenvalue weighted by atomic mass is 9.99. The minimum absolute atomic E-state index is 0.0880. The number of hydrogen-bond donors (Lipinski definition) is 3. The highest BCUT2D eigenvalue weighted by Crippen LogP contribution is 2.05. The summed E-state index contributed by atoms with van der Waals surface area (Å²) in [4.78, 5) is 11.5. The van der Waals surface area contributed by atoms with Crippen molar-refractivity contribution in [3.63, 3.8) is 0 Å². The van der Waals surface area contributed by atoms with Gasteiger partial charge in [0.2, 0.25) is 5.91 Å². The first-order chi connectivity index (χ1) is 6.99. The molecule has 15 heavy (non-hydrogen) atoms. The molecule has 0 aromatic carbocycles. The fourth-order valence-electron chi connectivity index (χ4n) is 1.24. The van der Waals surface area contributed by atoms with Crippen molar-refractivity contribution in [2.75, 3.05) is 6.54 Å². The van der Waals surface area contributed by atoms with E-state index in [1.54, 1.807) is 6.92 Å². The number of carbonyl (C=O) groups is 1. The monoisotopic (exact) mass is 216 g/mol. The number of hydrogen-bond acceptors (Lipinski definition) is 3. The second-order valence-electron chi connectivity index (χ2n) is 4.19. The third-order valence-corrected chi connectivity index (χ3v) is 2.66. The van der Waals surface area contributed by atoms with Crippen molar-refractivity contribution in [3.8, 4) is 0 Å². The molecule has 3 unspecified atom stereocenters. The molecule has 0 radical (unpaired) electrons. The summed E-state index contributed by atoms with van der Waals surface area (Å²) in [5, 5.41) is 11.8. The van der Waals surface area contributed by atoms with E-state index in [9.17, 15) is 4.79 Å². The zero-order chi connectivity index (χ0) is 11.8. The molecule has 0 aliphatic heterocycles. The van der Waals surface area contributed by atoms with Gasteiger partial charge in [-0.15, -0.1) is 0 Å². The SMILES string of the molecule is CCC(C)C(N)C(=O)NCCCC(C)O. The van der Waals surface area contributed by atoms with Gasteiger partial charge >= 0.3 is 0 Å². The van der Waals surface area contributed by atoms with Gasteiger partial charge in [-0.2, -0.15) is 0 Å². The highest BCUT2D eigenvalue weighted by atomic mass is 16.3. The third kappa shape index (κ3) is 6.47. The summed E-state index contributed by atoms with van der Waals surface area (Å²) >= 11 is 0. The molecule has 4 heteroatoms. The lowest BCUT2D eigenvalue weighted by Gasteiger charge is -2.17. The zero-order valence-corrected chi connectivity index (χ0v) is 9.99. The molecule has 4 nitrogen and oxygen atoms in total. The number of aliphatic hydroxyl groups excluding tert-OH is 1. The topological polar surface area (TPSA) is 75.4 Å². The van der Waals surface area contributed by atoms with E-state index in [0.29, 0.717) is 13.0 Å². The van der Waals surface area contributed by atoms with E-state index in [-0.39, 0.29) is 17.9 Å². The Kier molecular flexibility index (Phi) is 7.34. The second-order valence-corrected chi connectivity index (χ2v) is 4.19. The lowest BCUT2D eigenvalue weighted by molar-refractivity contribution is -0.123. The first-order valence-corrected chi connectivity index (χ1v) is 5.70. The molecule has 0 aliphatic rings. The van der Waals surface area contributed by atoms with Crippen LogP contribution in [-0.4, -0.2) is 29.7 Å². The summed E-state index contributed by atoms with van der Waals surface area (Å²) in [6.45, 7) is 6.33. The summed E-state index contributed by atoms with van der Waals surface area (Å²) in [6.07, 6.45) is 2.10. The average Bonchev–Trinajstić information content (AvgIpc) is 2.21. The average molecular weight is 216 g/mol. The fourth-order valence-corrected chi connectivity index (χ4v) is 1.24. The van der Waals surface area contributed by atoms with Crippen LogP contribution in [0.2, 0.25) is 0 Å². The Bertz CT molecular complexity index is 183. The molecule has 90 valence electrons. The molecule has 0 spiro atoms. The normalized spacial score (nSPS) is 16.9. The van der Waals surface area contributed by atoms with E-state index in [2.05, 4.69) is 5.32 Å². The van der Waals surface area contributed by atoms with Gasteiger partial charge in [0.1, 0.15) is 0 Å². The maximum Gasteiger partial charge on any atom is 0.237 e. The van der Waals surface area contributed by atoms with Crippen molar-refractivity contribution in [2.45, 2.75) is 52.2 Å². The largest absolute Gasteiger partial charge is 0.393 e. The van der Waals surface area contributed by atoms with Crippen LogP contribution in [0.3, 0.4) is 0 Å². The quantitative estimate of drug-likeness (QED) is 0.547. The van der Waals surface area contributed by atoms with Crippen LogP contribution in [-0.2, 0) is 4.79 Å². The van der Waals surface area contributed by atoms with Crippen LogP contribution >= 0.6 is 0 Å². The van der Waals surface area contributed by atoms with E-state index in [4.69, 9.17) is 10.8 Å². The van der Waals surface area contributed by atoms with Crippen LogP contribution < -0.4 is 11.1 Å². The van der Waals surface area contributed by atoms with Crippen molar-refractivity contribution in [2.24, 2.45) is 11.7 Å². The van der Waals surface area contributed by atoms with E-state index < -0.39 is 6.04 Å². The lowest BCUT2D eigenvalue weighted by Crippen LogP contribution is -2.44. The van der Waals surface area contributed by atoms with E-state index in [0.717, 1.165) is 12.8 Å². The van der Waals surface area contributed by atoms with Crippen molar-refractivity contribution in [3.05, 3.63) is 0 Å². The molecule has 0 saturated carbocycles. The summed E-state index contributed by atoms with van der Waals surface area (Å²) in [5.74, 6) is 0.122. The van der Waals surface area contributed by atoms with Gasteiger partial charge in [0.25, 0.3) is 0 Å². The van der Waals surface area contributed by atoms with Gasteiger partial charge in [0.15, 0.2) is 0 Å². The molecule has 0 saturated heterocycles. The van der Waals surface area contributed by atoms with Crippen molar-refractivity contribution >= 4 is 5.91 Å². The maximum atomic E-state index is 11.5. The van der Waals surface area contributed by atoms with Gasteiger partial charge in [-0.25, -0.2) is 0 Å². The maximum absolute atomic E-state index is 11.5. The minimum atomic E-state index is -0.415. The van der Waals surface area contributed by atoms with Crippen LogP contribution in [0.4, 0.5) is 0 Å². The highest BCUT2D eigenvalue weighted by Gasteiger charge is 2.18. The molecular formula is C11H24N2O2. The number of amides is 1. The number of nitrogens with one attached hydrogen (secondary N) is 1. The van der Waals surface area contributed by atoms with Gasteiger partial charge in [-0.3, -0.25) is 4.79 Å². The molecule has 0 fully saturated rings. The number of nitrogens with two attached hydrogens (primary N) is 1. The van der Waals surface area contributed by atoms with Crippen LogP contribution in [0.5, 0.6) is 0 Å². The molecule has 0 heterocycles. The molecule has 0 bridgehead atoms. The molecular weight excluding hydrogens is 192 g/mol. The van der Waals surface area contributed by atoms with Crippen molar-refractivity contribution < 1.29 is 9.90 Å². The summed E-state index contributed by atoms with van der Waals surface area (Å²) in [6, 6.07) is -0.415. The summed E-state index contributed by atoms with van der Waals surface area (Å²) in [5.41, 5.74) is 5.75. The molecule has 0 aromatic heterocycles. The van der Waals surface area contributed by atoms with E-state index in [1.165, 1.54) is 0 Å². The Balaban J connectivity index is 3.65. The number of carbonyl (C=O) groups excluding carboxylic acids is 1. The predicted octanol–water partition coefficient (Wildman–Crippen LogP) is 0.637. The standard InChI is InChI=1S/C11H24N2O2/c1-4-8(2)10(12)11(15)13-7-5-6-9(3)14/h8-10,14H,4-7,12H2,1-3H3,(H,13,15). The Morgan fingerprint density at radius 3 is 2.53 bits per heavy atom. The van der Waals surface area contributed by atoms with Gasteiger partial charge in [-0.1, -0.05) is 20.3 Å². The minimum Gasteiger partial charge on any atom is -0.393 e. The van der Waals surface area contributed by atoms with Gasteiger partial charge in [0.05, 0.1) is 12.1 Å². The molecule has 0 aliphatic carbocycles. The Labute approximate surface area is 92.2 Å². The Morgan fingerprint density at radius 1 is 1.47 bits per heavy atom. The Morgan fingerprint density at radius 2 is 2.07 bits per heavy atom. The van der Waals surface area contributed by atoms with Gasteiger partial charge < -0.3 is 16.2 Å². The van der Waals surface area contributed by atoms with Gasteiger partial charge in [0, 0.05) is 6.54 Å². The van der Waals surface area contributed by atoms with Crippen molar-refractivity contribution in [1.29, 1.82) is 0 Å². The molecule has 1 amide bonds. The van der Waals surface area contributed by atoms with Crippen LogP contribution in [0, 0.1) is 5.92 Å². The van der Waals surface area contributed by atoms with E-state index in [1.807, 2.05) is 13.8 Å². The molecule has 0 rings (SSSR count). The van der Waals surface area contributed by atoms with Gasteiger partial charge in [-0.05, 0) is 25.7 Å². The van der Waals surface area contributed by atoms with Crippen LogP contribution in [0.15, 0.2) is 0 Å². The third-order valence-electron chi connectivity index (χ3n) is 2.66. The van der Waals surface area contributed by atoms with Crippen LogP contribution in [0.25, 0.3) is 0 Å². The predicted molar refractivity (Wildman–Crippen MR) is 61.4 cm³/mol. The second kappa shape index (κ2) is 7.65.